The number of pyridine rings is 1. The van der Waals surface area contributed by atoms with Crippen molar-refractivity contribution < 1.29 is 9.53 Å². The first kappa shape index (κ1) is 17.8. The number of nitrogens with two attached hydrogens (primary N) is 1. The summed E-state index contributed by atoms with van der Waals surface area (Å²) in [6, 6.07) is 6.06. The standard InChI is InChI=1S/C20H25N5O2/c1-13-17(20(21)26)11-16-10-15(18-4-5-23(3)22-18)12-25(16)19(13)14(2)24-6-8-27-9-7-24/h4-5,10-12,14H,6-9H2,1-3H3,(H2,21,26). The van der Waals surface area contributed by atoms with Gasteiger partial charge in [0.2, 0.25) is 5.91 Å². The quantitative estimate of drug-likeness (QED) is 0.766. The van der Waals surface area contributed by atoms with Crippen molar-refractivity contribution in [3.05, 3.63) is 47.4 Å². The molecule has 0 radical (unpaired) electrons. The lowest BCUT2D eigenvalue weighted by Crippen LogP contribution is -2.39. The minimum Gasteiger partial charge on any atom is -0.379 e. The van der Waals surface area contributed by atoms with E-state index in [2.05, 4.69) is 33.6 Å². The third-order valence-electron chi connectivity index (χ3n) is 5.45. The summed E-state index contributed by atoms with van der Waals surface area (Å²) in [5, 5.41) is 4.51. The molecule has 3 aromatic heterocycles. The molecule has 27 heavy (non-hydrogen) atoms. The molecule has 1 saturated heterocycles. The normalized spacial score (nSPS) is 16.7. The Bertz CT molecular complexity index is 997. The molecule has 1 unspecified atom stereocenters. The second kappa shape index (κ2) is 6.83. The summed E-state index contributed by atoms with van der Waals surface area (Å²) in [7, 11) is 1.90. The number of nitrogens with zero attached hydrogens (tertiary/aromatic N) is 4. The number of amides is 1. The van der Waals surface area contributed by atoms with E-state index in [0.717, 1.165) is 54.3 Å². The minimum absolute atomic E-state index is 0.139. The first-order valence-corrected chi connectivity index (χ1v) is 9.23. The van der Waals surface area contributed by atoms with Gasteiger partial charge in [-0.25, -0.2) is 0 Å². The van der Waals surface area contributed by atoms with Crippen molar-refractivity contribution in [3.63, 3.8) is 0 Å². The van der Waals surface area contributed by atoms with Crippen LogP contribution in [0.15, 0.2) is 30.6 Å². The SMILES string of the molecule is Cc1c(C(N)=O)cc2cc(-c3ccn(C)n3)cn2c1C(C)N1CCOCC1. The fourth-order valence-corrected chi connectivity index (χ4v) is 3.99. The number of carbonyl (C=O) groups excluding carboxylic acids is 1. The zero-order chi connectivity index (χ0) is 19.1. The highest BCUT2D eigenvalue weighted by molar-refractivity contribution is 5.96. The van der Waals surface area contributed by atoms with Gasteiger partial charge in [-0.05, 0) is 37.6 Å². The summed E-state index contributed by atoms with van der Waals surface area (Å²) in [6.45, 7) is 7.36. The molecule has 1 aliphatic rings. The lowest BCUT2D eigenvalue weighted by atomic mass is 10.0. The second-order valence-corrected chi connectivity index (χ2v) is 7.16. The molecule has 1 atom stereocenters. The topological polar surface area (TPSA) is 77.8 Å². The molecule has 0 aromatic carbocycles. The monoisotopic (exact) mass is 367 g/mol. The average Bonchev–Trinajstić information content (AvgIpc) is 3.27. The molecule has 4 rings (SSSR count). The Hall–Kier alpha value is -2.64. The Morgan fingerprint density at radius 1 is 1.30 bits per heavy atom. The number of hydrogen-bond donors (Lipinski definition) is 1. The Balaban J connectivity index is 1.89. The molecular formula is C20H25N5O2. The molecule has 7 nitrogen and oxygen atoms in total. The largest absolute Gasteiger partial charge is 0.379 e. The van der Waals surface area contributed by atoms with Gasteiger partial charge >= 0.3 is 0 Å². The first-order valence-electron chi connectivity index (χ1n) is 9.23. The minimum atomic E-state index is -0.397. The van der Waals surface area contributed by atoms with E-state index in [9.17, 15) is 4.79 Å². The van der Waals surface area contributed by atoms with Gasteiger partial charge in [0.1, 0.15) is 0 Å². The number of aromatic nitrogens is 3. The fraction of sp³-hybridized carbons (Fsp3) is 0.400. The number of carbonyl (C=O) groups is 1. The molecule has 0 spiro atoms. The number of ether oxygens (including phenoxy) is 1. The van der Waals surface area contributed by atoms with Gasteiger partial charge in [-0.15, -0.1) is 0 Å². The van der Waals surface area contributed by atoms with Crippen LogP contribution in [-0.2, 0) is 11.8 Å². The molecule has 4 heterocycles. The number of aryl methyl sites for hydroxylation is 1. The summed E-state index contributed by atoms with van der Waals surface area (Å²) in [4.78, 5) is 14.4. The van der Waals surface area contributed by atoms with Crippen LogP contribution in [0.2, 0.25) is 0 Å². The predicted octanol–water partition coefficient (Wildman–Crippen LogP) is 2.14. The maximum absolute atomic E-state index is 12.1. The highest BCUT2D eigenvalue weighted by Crippen LogP contribution is 2.31. The van der Waals surface area contributed by atoms with Crippen LogP contribution in [0.4, 0.5) is 0 Å². The van der Waals surface area contributed by atoms with Crippen LogP contribution in [0, 0.1) is 6.92 Å². The smallest absolute Gasteiger partial charge is 0.249 e. The van der Waals surface area contributed by atoms with Gasteiger partial charge in [-0.3, -0.25) is 14.4 Å². The predicted molar refractivity (Wildman–Crippen MR) is 104 cm³/mol. The van der Waals surface area contributed by atoms with Crippen molar-refractivity contribution in [3.8, 4) is 11.3 Å². The van der Waals surface area contributed by atoms with Crippen molar-refractivity contribution in [1.29, 1.82) is 0 Å². The van der Waals surface area contributed by atoms with Crippen LogP contribution in [0.25, 0.3) is 16.8 Å². The second-order valence-electron chi connectivity index (χ2n) is 7.16. The van der Waals surface area contributed by atoms with Crippen LogP contribution in [0.3, 0.4) is 0 Å². The maximum Gasteiger partial charge on any atom is 0.249 e. The molecule has 2 N–H and O–H groups in total. The van der Waals surface area contributed by atoms with Crippen LogP contribution in [-0.4, -0.2) is 51.3 Å². The molecule has 142 valence electrons. The number of hydrogen-bond acceptors (Lipinski definition) is 4. The van der Waals surface area contributed by atoms with E-state index in [1.54, 1.807) is 4.68 Å². The van der Waals surface area contributed by atoms with Gasteiger partial charge in [0.25, 0.3) is 0 Å². The molecule has 0 saturated carbocycles. The van der Waals surface area contributed by atoms with Crippen LogP contribution in [0.1, 0.15) is 34.6 Å². The van der Waals surface area contributed by atoms with E-state index in [1.165, 1.54) is 0 Å². The number of primary amides is 1. The van der Waals surface area contributed by atoms with Gasteiger partial charge in [0.15, 0.2) is 0 Å². The zero-order valence-electron chi connectivity index (χ0n) is 16.0. The van der Waals surface area contributed by atoms with Crippen molar-refractivity contribution in [2.45, 2.75) is 19.9 Å². The lowest BCUT2D eigenvalue weighted by Gasteiger charge is -2.34. The fourth-order valence-electron chi connectivity index (χ4n) is 3.99. The highest BCUT2D eigenvalue weighted by atomic mass is 16.5. The molecule has 0 bridgehead atoms. The Labute approximate surface area is 158 Å². The Kier molecular flexibility index (Phi) is 4.49. The zero-order valence-corrected chi connectivity index (χ0v) is 16.0. The van der Waals surface area contributed by atoms with E-state index in [0.29, 0.717) is 5.56 Å². The van der Waals surface area contributed by atoms with E-state index in [1.807, 2.05) is 32.3 Å². The van der Waals surface area contributed by atoms with Gasteiger partial charge in [0.05, 0.1) is 18.9 Å². The Morgan fingerprint density at radius 2 is 2.04 bits per heavy atom. The molecule has 1 aliphatic heterocycles. The van der Waals surface area contributed by atoms with Crippen molar-refractivity contribution in [2.75, 3.05) is 26.3 Å². The van der Waals surface area contributed by atoms with Crippen LogP contribution in [0.5, 0.6) is 0 Å². The van der Waals surface area contributed by atoms with Crippen molar-refractivity contribution in [2.24, 2.45) is 12.8 Å². The molecular weight excluding hydrogens is 342 g/mol. The van der Waals surface area contributed by atoms with E-state index in [-0.39, 0.29) is 6.04 Å². The highest BCUT2D eigenvalue weighted by Gasteiger charge is 2.25. The first-order chi connectivity index (χ1) is 13.0. The summed E-state index contributed by atoms with van der Waals surface area (Å²) in [5.41, 5.74) is 11.1. The summed E-state index contributed by atoms with van der Waals surface area (Å²) in [6.07, 6.45) is 4.02. The molecule has 7 heteroatoms. The lowest BCUT2D eigenvalue weighted by molar-refractivity contribution is 0.0187. The molecule has 0 aliphatic carbocycles. The Morgan fingerprint density at radius 3 is 2.67 bits per heavy atom. The van der Waals surface area contributed by atoms with E-state index >= 15 is 0 Å². The third kappa shape index (κ3) is 3.13. The van der Waals surface area contributed by atoms with Crippen LogP contribution >= 0.6 is 0 Å². The molecule has 3 aromatic rings. The maximum atomic E-state index is 12.1. The summed E-state index contributed by atoms with van der Waals surface area (Å²) in [5.74, 6) is -0.397. The number of morpholine rings is 1. The van der Waals surface area contributed by atoms with Gasteiger partial charge in [-0.1, -0.05) is 0 Å². The number of fused-ring (bicyclic) bond motifs is 1. The van der Waals surface area contributed by atoms with Gasteiger partial charge < -0.3 is 14.9 Å². The summed E-state index contributed by atoms with van der Waals surface area (Å²) < 4.78 is 9.46. The third-order valence-corrected chi connectivity index (χ3v) is 5.45. The van der Waals surface area contributed by atoms with E-state index < -0.39 is 5.91 Å². The van der Waals surface area contributed by atoms with E-state index in [4.69, 9.17) is 10.5 Å². The van der Waals surface area contributed by atoms with Crippen LogP contribution < -0.4 is 5.73 Å². The molecule has 1 fully saturated rings. The van der Waals surface area contributed by atoms with Crippen molar-refractivity contribution in [1.82, 2.24) is 19.1 Å². The van der Waals surface area contributed by atoms with Gasteiger partial charge in [0, 0.05) is 60.9 Å². The molecule has 1 amide bonds. The summed E-state index contributed by atoms with van der Waals surface area (Å²) >= 11 is 0. The average molecular weight is 367 g/mol. The number of rotatable bonds is 4. The van der Waals surface area contributed by atoms with Gasteiger partial charge in [-0.2, -0.15) is 5.10 Å². The van der Waals surface area contributed by atoms with Crippen molar-refractivity contribution >= 4 is 11.4 Å².